The molecule has 0 spiro atoms. The van der Waals surface area contributed by atoms with Crippen molar-refractivity contribution in [1.29, 1.82) is 10.5 Å². The van der Waals surface area contributed by atoms with E-state index in [1.54, 1.807) is 0 Å². The van der Waals surface area contributed by atoms with E-state index in [9.17, 15) is 10.5 Å². The van der Waals surface area contributed by atoms with Gasteiger partial charge in [0.25, 0.3) is 0 Å². The molecule has 0 saturated carbocycles. The van der Waals surface area contributed by atoms with Crippen LogP contribution in [0.4, 0.5) is 17.1 Å². The first-order valence-corrected chi connectivity index (χ1v) is 13.4. The topological polar surface area (TPSA) is 63.8 Å². The Balaban J connectivity index is 1.78. The molecule has 0 N–H and O–H groups in total. The summed E-state index contributed by atoms with van der Waals surface area (Å²) in [6.45, 7) is 1.53. The molecule has 1 fully saturated rings. The van der Waals surface area contributed by atoms with Gasteiger partial charge < -0.3 is 14.7 Å². The van der Waals surface area contributed by atoms with Gasteiger partial charge in [-0.25, -0.2) is 0 Å². The summed E-state index contributed by atoms with van der Waals surface area (Å²) in [6, 6.07) is 29.2. The van der Waals surface area contributed by atoms with Crippen molar-refractivity contribution in [2.45, 2.75) is 24.7 Å². The van der Waals surface area contributed by atoms with Gasteiger partial charge in [-0.2, -0.15) is 10.5 Å². The molecule has 1 saturated heterocycles. The summed E-state index contributed by atoms with van der Waals surface area (Å²) in [7, 11) is 12.1. The van der Waals surface area contributed by atoms with Gasteiger partial charge in [0.1, 0.15) is 12.1 Å². The van der Waals surface area contributed by atoms with E-state index in [1.165, 1.54) is 0 Å². The first-order valence-electron chi connectivity index (χ1n) is 13.4. The molecule has 7 nitrogen and oxygen atoms in total. The Kier molecular flexibility index (Phi) is 8.76. The van der Waals surface area contributed by atoms with Gasteiger partial charge in [0.2, 0.25) is 0 Å². The van der Waals surface area contributed by atoms with Crippen molar-refractivity contribution in [1.82, 2.24) is 9.80 Å². The molecule has 0 unspecified atom stereocenters. The number of nitrogens with zero attached hydrogens (tertiary/aromatic N) is 7. The van der Waals surface area contributed by atoms with Gasteiger partial charge in [-0.15, -0.1) is 0 Å². The van der Waals surface area contributed by atoms with E-state index in [4.69, 9.17) is 0 Å². The van der Waals surface area contributed by atoms with Crippen LogP contribution in [0.25, 0.3) is 0 Å². The third-order valence-electron chi connectivity index (χ3n) is 7.53. The van der Waals surface area contributed by atoms with E-state index >= 15 is 0 Å². The molecule has 0 amide bonds. The standard InChI is InChI=1S/C32H39N7/c1-35(2)27-14-8-24(9-15-27)30(22-33)38-20-7-21-39(32(38)26-12-18-29(19-13-26)37(5)6)31(23-34)25-10-16-28(17-11-25)36(3)4/h8-19,30-32H,7,20-21H2,1-6H3/t30-,31-/m0/s1. The highest BCUT2D eigenvalue weighted by Crippen LogP contribution is 2.41. The summed E-state index contributed by atoms with van der Waals surface area (Å²) < 4.78 is 0. The highest BCUT2D eigenvalue weighted by Gasteiger charge is 2.39. The molecule has 0 aliphatic carbocycles. The van der Waals surface area contributed by atoms with Gasteiger partial charge in [-0.1, -0.05) is 36.4 Å². The minimum absolute atomic E-state index is 0.230. The van der Waals surface area contributed by atoms with Crippen LogP contribution in [0.1, 0.15) is 41.4 Å². The van der Waals surface area contributed by atoms with Gasteiger partial charge in [0.15, 0.2) is 0 Å². The van der Waals surface area contributed by atoms with Gasteiger partial charge in [-0.05, 0) is 59.5 Å². The Labute approximate surface area is 233 Å². The van der Waals surface area contributed by atoms with Crippen LogP contribution in [-0.4, -0.2) is 65.2 Å². The highest BCUT2D eigenvalue weighted by atomic mass is 15.4. The van der Waals surface area contributed by atoms with Crippen LogP contribution in [0, 0.1) is 22.7 Å². The maximum Gasteiger partial charge on any atom is 0.125 e. The Bertz CT molecular complexity index is 1220. The van der Waals surface area contributed by atoms with Gasteiger partial charge >= 0.3 is 0 Å². The molecule has 39 heavy (non-hydrogen) atoms. The van der Waals surface area contributed by atoms with E-state index < -0.39 is 12.1 Å². The van der Waals surface area contributed by atoms with Crippen molar-refractivity contribution in [2.24, 2.45) is 0 Å². The van der Waals surface area contributed by atoms with Crippen molar-refractivity contribution in [3.63, 3.8) is 0 Å². The summed E-state index contributed by atoms with van der Waals surface area (Å²) in [5, 5.41) is 21.0. The van der Waals surface area contributed by atoms with E-state index in [2.05, 4.69) is 109 Å². The number of anilines is 3. The monoisotopic (exact) mass is 521 g/mol. The fourth-order valence-corrected chi connectivity index (χ4v) is 5.33. The summed E-state index contributed by atoms with van der Waals surface area (Å²) in [4.78, 5) is 10.7. The Morgan fingerprint density at radius 1 is 0.590 bits per heavy atom. The Morgan fingerprint density at radius 3 is 1.23 bits per heavy atom. The molecule has 4 rings (SSSR count). The number of nitriles is 2. The SMILES string of the molecule is CN(C)c1ccc(C2N([C@@H](C#N)c3ccc(N(C)C)cc3)CCCN2[C@@H](C#N)c2ccc(N(C)C)cc2)cc1. The first-order chi connectivity index (χ1) is 18.7. The minimum Gasteiger partial charge on any atom is -0.378 e. The van der Waals surface area contributed by atoms with Crippen molar-refractivity contribution in [2.75, 3.05) is 70.1 Å². The van der Waals surface area contributed by atoms with Crippen LogP contribution in [0.2, 0.25) is 0 Å². The molecule has 2 atom stereocenters. The lowest BCUT2D eigenvalue weighted by Gasteiger charge is -2.47. The summed E-state index contributed by atoms with van der Waals surface area (Å²) >= 11 is 0. The van der Waals surface area contributed by atoms with Crippen LogP contribution < -0.4 is 14.7 Å². The molecule has 202 valence electrons. The molecule has 0 radical (unpaired) electrons. The van der Waals surface area contributed by atoms with Gasteiger partial charge in [-0.3, -0.25) is 9.80 Å². The van der Waals surface area contributed by atoms with Crippen molar-refractivity contribution < 1.29 is 0 Å². The number of hydrogen-bond acceptors (Lipinski definition) is 7. The van der Waals surface area contributed by atoms with Crippen molar-refractivity contribution >= 4 is 17.1 Å². The maximum atomic E-state index is 10.5. The first kappa shape index (κ1) is 28.0. The molecule has 1 aliphatic heterocycles. The van der Waals surface area contributed by atoms with Gasteiger partial charge in [0.05, 0.1) is 18.3 Å². The number of hydrogen-bond donors (Lipinski definition) is 0. The largest absolute Gasteiger partial charge is 0.378 e. The number of benzene rings is 3. The van der Waals surface area contributed by atoms with Crippen molar-refractivity contribution in [3.05, 3.63) is 89.5 Å². The summed E-state index contributed by atoms with van der Waals surface area (Å²) in [5.41, 5.74) is 6.30. The van der Waals surface area contributed by atoms with E-state index in [-0.39, 0.29) is 6.17 Å². The number of rotatable bonds is 8. The predicted octanol–water partition coefficient (Wildman–Crippen LogP) is 5.42. The second kappa shape index (κ2) is 12.2. The average molecular weight is 522 g/mol. The van der Waals surface area contributed by atoms with Crippen molar-refractivity contribution in [3.8, 4) is 12.1 Å². The zero-order valence-corrected chi connectivity index (χ0v) is 23.9. The molecule has 3 aromatic carbocycles. The second-order valence-electron chi connectivity index (χ2n) is 10.7. The second-order valence-corrected chi connectivity index (χ2v) is 10.7. The third kappa shape index (κ3) is 6.01. The lowest BCUT2D eigenvalue weighted by molar-refractivity contribution is -0.0286. The smallest absolute Gasteiger partial charge is 0.125 e. The normalized spacial score (nSPS) is 16.1. The fraction of sp³-hybridized carbons (Fsp3) is 0.375. The lowest BCUT2D eigenvalue weighted by atomic mass is 9.96. The zero-order valence-electron chi connectivity index (χ0n) is 23.9. The highest BCUT2D eigenvalue weighted by molar-refractivity contribution is 5.49. The molecule has 0 aromatic heterocycles. The molecule has 0 bridgehead atoms. The van der Waals surface area contributed by atoms with E-state index in [0.717, 1.165) is 53.3 Å². The predicted molar refractivity (Wildman–Crippen MR) is 160 cm³/mol. The van der Waals surface area contributed by atoms with Crippen LogP contribution in [0.3, 0.4) is 0 Å². The fourth-order valence-electron chi connectivity index (χ4n) is 5.33. The van der Waals surface area contributed by atoms with Crippen LogP contribution in [-0.2, 0) is 0 Å². The third-order valence-corrected chi connectivity index (χ3v) is 7.53. The summed E-state index contributed by atoms with van der Waals surface area (Å²) in [5.74, 6) is 0. The Hall–Kier alpha value is -4.04. The molecule has 7 heteroatoms. The van der Waals surface area contributed by atoms with Crippen LogP contribution in [0.15, 0.2) is 72.8 Å². The molecular weight excluding hydrogens is 482 g/mol. The zero-order chi connectivity index (χ0) is 28.1. The van der Waals surface area contributed by atoms with E-state index in [1.807, 2.05) is 42.3 Å². The van der Waals surface area contributed by atoms with Crippen LogP contribution in [0.5, 0.6) is 0 Å². The maximum absolute atomic E-state index is 10.5. The lowest BCUT2D eigenvalue weighted by Crippen LogP contribution is -2.49. The molecular formula is C32H39N7. The average Bonchev–Trinajstić information content (AvgIpc) is 2.94. The van der Waals surface area contributed by atoms with Crippen LogP contribution >= 0.6 is 0 Å². The summed E-state index contributed by atoms with van der Waals surface area (Å²) in [6.07, 6.45) is 0.639. The molecule has 1 aliphatic rings. The van der Waals surface area contributed by atoms with Gasteiger partial charge in [0, 0.05) is 72.4 Å². The Morgan fingerprint density at radius 2 is 0.923 bits per heavy atom. The van der Waals surface area contributed by atoms with E-state index in [0.29, 0.717) is 0 Å². The molecule has 3 aromatic rings. The quantitative estimate of drug-likeness (QED) is 0.392. The molecule has 1 heterocycles. The minimum atomic E-state index is -0.446.